The third-order valence-corrected chi connectivity index (χ3v) is 4.11. The highest BCUT2D eigenvalue weighted by Crippen LogP contribution is 2.31. The summed E-state index contributed by atoms with van der Waals surface area (Å²) in [6.45, 7) is 4.18. The molecule has 1 aromatic heterocycles. The zero-order chi connectivity index (χ0) is 13.8. The molecule has 2 unspecified atom stereocenters. The quantitative estimate of drug-likeness (QED) is 0.858. The minimum absolute atomic E-state index is 0.251. The van der Waals surface area contributed by atoms with Gasteiger partial charge in [-0.05, 0) is 50.7 Å². The predicted octanol–water partition coefficient (Wildman–Crippen LogP) is 3.37. The molecular weight excluding hydrogens is 256 g/mol. The van der Waals surface area contributed by atoms with Gasteiger partial charge in [0.2, 0.25) is 5.88 Å². The van der Waals surface area contributed by atoms with Crippen molar-refractivity contribution in [2.75, 3.05) is 0 Å². The second-order valence-corrected chi connectivity index (χ2v) is 5.72. The summed E-state index contributed by atoms with van der Waals surface area (Å²) < 4.78 is 6.15. The fourth-order valence-corrected chi connectivity index (χ4v) is 2.90. The van der Waals surface area contributed by atoms with Gasteiger partial charge in [0, 0.05) is 5.69 Å². The summed E-state index contributed by atoms with van der Waals surface area (Å²) in [6.07, 6.45) is 6.29. The van der Waals surface area contributed by atoms with E-state index in [9.17, 15) is 0 Å². The lowest BCUT2D eigenvalue weighted by Crippen LogP contribution is -2.31. The fourth-order valence-electron chi connectivity index (χ4n) is 2.75. The number of aryl methyl sites for hydroxylation is 1. The van der Waals surface area contributed by atoms with Crippen molar-refractivity contribution < 1.29 is 4.74 Å². The lowest BCUT2D eigenvalue weighted by molar-refractivity contribution is 0.0855. The smallest absolute Gasteiger partial charge is 0.224 e. The Labute approximate surface area is 120 Å². The minimum atomic E-state index is 0.251. The molecule has 1 aliphatic rings. The Bertz CT molecular complexity index is 461. The number of rotatable bonds is 4. The number of aromatic nitrogens is 1. The zero-order valence-electron chi connectivity index (χ0n) is 11.7. The Balaban J connectivity index is 2.21. The van der Waals surface area contributed by atoms with E-state index in [2.05, 4.69) is 11.9 Å². The lowest BCUT2D eigenvalue weighted by Gasteiger charge is -2.31. The van der Waals surface area contributed by atoms with Crippen LogP contribution in [0.25, 0.3) is 0 Å². The highest BCUT2D eigenvalue weighted by atomic mass is 32.1. The van der Waals surface area contributed by atoms with Gasteiger partial charge in [0.15, 0.2) is 0 Å². The second-order valence-electron chi connectivity index (χ2n) is 5.28. The Kier molecular flexibility index (Phi) is 4.75. The highest BCUT2D eigenvalue weighted by molar-refractivity contribution is 7.80. The molecule has 0 amide bonds. The van der Waals surface area contributed by atoms with Gasteiger partial charge in [0.25, 0.3) is 0 Å². The summed E-state index contributed by atoms with van der Waals surface area (Å²) in [4.78, 5) is 4.82. The van der Waals surface area contributed by atoms with Crippen molar-refractivity contribution in [1.82, 2.24) is 4.98 Å². The van der Waals surface area contributed by atoms with Gasteiger partial charge in [0.05, 0.1) is 5.56 Å². The molecule has 19 heavy (non-hydrogen) atoms. The molecule has 1 saturated carbocycles. The van der Waals surface area contributed by atoms with Crippen LogP contribution in [-0.2, 0) is 0 Å². The van der Waals surface area contributed by atoms with E-state index in [1.807, 2.05) is 19.1 Å². The molecule has 0 aromatic carbocycles. The number of ether oxygens (including phenoxy) is 1. The number of thiocarbonyl (C=S) groups is 1. The third kappa shape index (κ3) is 3.44. The molecule has 1 aromatic rings. The monoisotopic (exact) mass is 278 g/mol. The first-order valence-corrected chi connectivity index (χ1v) is 7.46. The molecule has 3 nitrogen and oxygen atoms in total. The third-order valence-electron chi connectivity index (χ3n) is 3.89. The van der Waals surface area contributed by atoms with Crippen molar-refractivity contribution >= 4 is 17.2 Å². The maximum atomic E-state index is 6.15. The summed E-state index contributed by atoms with van der Waals surface area (Å²) in [5.41, 5.74) is 7.43. The lowest BCUT2D eigenvalue weighted by atomic mass is 9.85. The summed E-state index contributed by atoms with van der Waals surface area (Å²) in [5.74, 6) is 1.23. The van der Waals surface area contributed by atoms with E-state index < -0.39 is 0 Å². The van der Waals surface area contributed by atoms with Crippen LogP contribution < -0.4 is 10.5 Å². The number of nitrogens with two attached hydrogens (primary N) is 1. The van der Waals surface area contributed by atoms with Crippen molar-refractivity contribution in [3.63, 3.8) is 0 Å². The first-order chi connectivity index (χ1) is 9.11. The largest absolute Gasteiger partial charge is 0.474 e. The van der Waals surface area contributed by atoms with Gasteiger partial charge < -0.3 is 10.5 Å². The molecule has 0 saturated heterocycles. The van der Waals surface area contributed by atoms with Crippen molar-refractivity contribution in [1.29, 1.82) is 0 Å². The Hall–Kier alpha value is -1.16. The first kappa shape index (κ1) is 14.3. The van der Waals surface area contributed by atoms with E-state index >= 15 is 0 Å². The molecule has 0 radical (unpaired) electrons. The Morgan fingerprint density at radius 2 is 2.16 bits per heavy atom. The second kappa shape index (κ2) is 6.33. The number of hydrogen-bond donors (Lipinski definition) is 1. The number of hydrogen-bond acceptors (Lipinski definition) is 3. The van der Waals surface area contributed by atoms with Gasteiger partial charge in [0.1, 0.15) is 11.1 Å². The standard InChI is InChI=1S/C15H22N2OS/c1-3-11-6-4-5-7-13(11)18-15-12(14(16)19)9-8-10(2)17-15/h8-9,11,13H,3-7H2,1-2H3,(H2,16,19). The summed E-state index contributed by atoms with van der Waals surface area (Å²) in [7, 11) is 0. The molecule has 1 heterocycles. The minimum Gasteiger partial charge on any atom is -0.474 e. The van der Waals surface area contributed by atoms with E-state index in [0.29, 0.717) is 16.8 Å². The molecule has 104 valence electrons. The van der Waals surface area contributed by atoms with E-state index in [1.165, 1.54) is 19.3 Å². The van der Waals surface area contributed by atoms with Crippen LogP contribution in [0.2, 0.25) is 0 Å². The topological polar surface area (TPSA) is 48.1 Å². The number of nitrogens with zero attached hydrogens (tertiary/aromatic N) is 1. The van der Waals surface area contributed by atoms with E-state index in [0.717, 1.165) is 24.1 Å². The van der Waals surface area contributed by atoms with E-state index in [1.54, 1.807) is 0 Å². The van der Waals surface area contributed by atoms with Crippen LogP contribution in [0.15, 0.2) is 12.1 Å². The summed E-state index contributed by atoms with van der Waals surface area (Å²) in [5, 5.41) is 0. The van der Waals surface area contributed by atoms with Crippen LogP contribution in [-0.4, -0.2) is 16.1 Å². The van der Waals surface area contributed by atoms with Crippen molar-refractivity contribution in [3.8, 4) is 5.88 Å². The van der Waals surface area contributed by atoms with Crippen LogP contribution in [0, 0.1) is 12.8 Å². The fraction of sp³-hybridized carbons (Fsp3) is 0.600. The van der Waals surface area contributed by atoms with Crippen LogP contribution in [0.1, 0.15) is 50.3 Å². The average Bonchev–Trinajstić information content (AvgIpc) is 2.39. The molecule has 4 heteroatoms. The molecule has 2 atom stereocenters. The number of pyridine rings is 1. The van der Waals surface area contributed by atoms with Crippen LogP contribution in [0.4, 0.5) is 0 Å². The highest BCUT2D eigenvalue weighted by Gasteiger charge is 2.26. The van der Waals surface area contributed by atoms with Crippen LogP contribution in [0.5, 0.6) is 5.88 Å². The Morgan fingerprint density at radius 3 is 2.84 bits per heavy atom. The van der Waals surface area contributed by atoms with Gasteiger partial charge in [-0.25, -0.2) is 4.98 Å². The van der Waals surface area contributed by atoms with Gasteiger partial charge in [-0.2, -0.15) is 0 Å². The van der Waals surface area contributed by atoms with Gasteiger partial charge in [-0.3, -0.25) is 0 Å². The predicted molar refractivity (Wildman–Crippen MR) is 81.5 cm³/mol. The molecule has 0 bridgehead atoms. The molecular formula is C15H22N2OS. The average molecular weight is 278 g/mol. The summed E-state index contributed by atoms with van der Waals surface area (Å²) in [6, 6.07) is 3.82. The summed E-state index contributed by atoms with van der Waals surface area (Å²) >= 11 is 5.08. The maximum Gasteiger partial charge on any atom is 0.224 e. The van der Waals surface area contributed by atoms with Crippen molar-refractivity contribution in [2.24, 2.45) is 11.7 Å². The van der Waals surface area contributed by atoms with E-state index in [4.69, 9.17) is 22.7 Å². The normalized spacial score (nSPS) is 23.1. The van der Waals surface area contributed by atoms with Crippen LogP contribution in [0.3, 0.4) is 0 Å². The molecule has 2 rings (SSSR count). The molecule has 1 fully saturated rings. The molecule has 0 spiro atoms. The maximum absolute atomic E-state index is 6.15. The van der Waals surface area contributed by atoms with Gasteiger partial charge >= 0.3 is 0 Å². The zero-order valence-corrected chi connectivity index (χ0v) is 12.5. The Morgan fingerprint density at radius 1 is 1.42 bits per heavy atom. The first-order valence-electron chi connectivity index (χ1n) is 7.06. The van der Waals surface area contributed by atoms with Crippen LogP contribution >= 0.6 is 12.2 Å². The van der Waals surface area contributed by atoms with E-state index in [-0.39, 0.29) is 6.10 Å². The van der Waals surface area contributed by atoms with Gasteiger partial charge in [-0.1, -0.05) is 25.6 Å². The molecule has 1 aliphatic carbocycles. The van der Waals surface area contributed by atoms with Crippen molar-refractivity contribution in [2.45, 2.75) is 52.1 Å². The molecule has 2 N–H and O–H groups in total. The molecule has 0 aliphatic heterocycles. The SMILES string of the molecule is CCC1CCCCC1Oc1nc(C)ccc1C(N)=S. The van der Waals surface area contributed by atoms with Gasteiger partial charge in [-0.15, -0.1) is 0 Å². The van der Waals surface area contributed by atoms with Crippen molar-refractivity contribution in [3.05, 3.63) is 23.4 Å².